The van der Waals surface area contributed by atoms with Gasteiger partial charge in [-0.25, -0.2) is 0 Å². The van der Waals surface area contributed by atoms with Gasteiger partial charge in [0.25, 0.3) is 5.91 Å². The summed E-state index contributed by atoms with van der Waals surface area (Å²) < 4.78 is 6.05. The topological polar surface area (TPSA) is 61.8 Å². The van der Waals surface area contributed by atoms with Gasteiger partial charge in [-0.3, -0.25) is 4.79 Å². The molecule has 0 bridgehead atoms. The SMILES string of the molecule is CC1(C)CC(NC(=O)c2ccc(N3CCC(O)CC3)cc2)C(C)(C)O1. The molecule has 25 heavy (non-hydrogen) atoms. The molecule has 0 spiro atoms. The fourth-order valence-corrected chi connectivity index (χ4v) is 3.98. The Morgan fingerprint density at radius 3 is 2.28 bits per heavy atom. The summed E-state index contributed by atoms with van der Waals surface area (Å²) in [5.74, 6) is -0.0556. The van der Waals surface area contributed by atoms with Gasteiger partial charge in [0.15, 0.2) is 0 Å². The van der Waals surface area contributed by atoms with Gasteiger partial charge in [0.2, 0.25) is 0 Å². The normalized spacial score (nSPS) is 25.8. The lowest BCUT2D eigenvalue weighted by Crippen LogP contribution is -2.46. The average molecular weight is 346 g/mol. The van der Waals surface area contributed by atoms with Crippen LogP contribution in [0.5, 0.6) is 0 Å². The Bertz CT molecular complexity index is 616. The molecular formula is C20H30N2O3. The predicted molar refractivity (Wildman–Crippen MR) is 99.0 cm³/mol. The van der Waals surface area contributed by atoms with Crippen LogP contribution in [0.4, 0.5) is 5.69 Å². The Kier molecular flexibility index (Phi) is 4.82. The van der Waals surface area contributed by atoms with Crippen LogP contribution in [0.25, 0.3) is 0 Å². The molecule has 5 nitrogen and oxygen atoms in total. The Morgan fingerprint density at radius 2 is 1.76 bits per heavy atom. The third kappa shape index (κ3) is 4.15. The van der Waals surface area contributed by atoms with Crippen molar-refractivity contribution >= 4 is 11.6 Å². The van der Waals surface area contributed by atoms with E-state index < -0.39 is 0 Å². The summed E-state index contributed by atoms with van der Waals surface area (Å²) in [6.45, 7) is 9.89. The number of carbonyl (C=O) groups excluding carboxylic acids is 1. The second-order valence-corrected chi connectivity index (χ2v) is 8.46. The number of nitrogens with zero attached hydrogens (tertiary/aromatic N) is 1. The number of nitrogens with one attached hydrogen (secondary N) is 1. The highest BCUT2D eigenvalue weighted by atomic mass is 16.5. The van der Waals surface area contributed by atoms with E-state index in [1.54, 1.807) is 0 Å². The van der Waals surface area contributed by atoms with Crippen molar-refractivity contribution in [2.75, 3.05) is 18.0 Å². The quantitative estimate of drug-likeness (QED) is 0.883. The molecule has 5 heteroatoms. The first-order chi connectivity index (χ1) is 11.7. The molecule has 2 aliphatic heterocycles. The molecule has 2 saturated heterocycles. The molecule has 0 radical (unpaired) electrons. The van der Waals surface area contributed by atoms with Crippen LogP contribution < -0.4 is 10.2 Å². The lowest BCUT2D eigenvalue weighted by molar-refractivity contribution is -0.0693. The highest BCUT2D eigenvalue weighted by molar-refractivity contribution is 5.94. The third-order valence-electron chi connectivity index (χ3n) is 5.34. The molecule has 1 amide bonds. The standard InChI is InChI=1S/C20H30N2O3/c1-19(2)13-17(20(3,4)25-19)21-18(24)14-5-7-15(8-6-14)22-11-9-16(23)10-12-22/h5-8,16-17,23H,9-13H2,1-4H3,(H,21,24). The minimum absolute atomic E-state index is 0.00161. The van der Waals surface area contributed by atoms with Gasteiger partial charge in [0.1, 0.15) is 0 Å². The van der Waals surface area contributed by atoms with E-state index in [4.69, 9.17) is 4.74 Å². The van der Waals surface area contributed by atoms with Crippen LogP contribution in [0, 0.1) is 0 Å². The summed E-state index contributed by atoms with van der Waals surface area (Å²) in [6, 6.07) is 7.74. The number of aliphatic hydroxyl groups is 1. The van der Waals surface area contributed by atoms with Crippen LogP contribution in [-0.2, 0) is 4.74 Å². The summed E-state index contributed by atoms with van der Waals surface area (Å²) in [4.78, 5) is 14.9. The number of rotatable bonds is 3. The predicted octanol–water partition coefficient (Wildman–Crippen LogP) is 2.72. The average Bonchev–Trinajstić information content (AvgIpc) is 2.75. The fourth-order valence-electron chi connectivity index (χ4n) is 3.98. The zero-order valence-corrected chi connectivity index (χ0v) is 15.7. The van der Waals surface area contributed by atoms with Gasteiger partial charge < -0.3 is 20.1 Å². The van der Waals surface area contributed by atoms with Crippen molar-refractivity contribution in [2.24, 2.45) is 0 Å². The van der Waals surface area contributed by atoms with Gasteiger partial charge in [-0.05, 0) is 71.2 Å². The van der Waals surface area contributed by atoms with Crippen LogP contribution >= 0.6 is 0 Å². The number of benzene rings is 1. The van der Waals surface area contributed by atoms with E-state index in [2.05, 4.69) is 24.1 Å². The van der Waals surface area contributed by atoms with E-state index in [0.29, 0.717) is 5.56 Å². The minimum atomic E-state index is -0.367. The maximum absolute atomic E-state index is 12.6. The Morgan fingerprint density at radius 1 is 1.16 bits per heavy atom. The second-order valence-electron chi connectivity index (χ2n) is 8.46. The van der Waals surface area contributed by atoms with Crippen molar-refractivity contribution in [3.63, 3.8) is 0 Å². The highest BCUT2D eigenvalue weighted by Crippen LogP contribution is 2.37. The van der Waals surface area contributed by atoms with E-state index in [9.17, 15) is 9.90 Å². The van der Waals surface area contributed by atoms with E-state index in [-0.39, 0.29) is 29.3 Å². The van der Waals surface area contributed by atoms with E-state index in [1.807, 2.05) is 38.1 Å². The van der Waals surface area contributed by atoms with Gasteiger partial charge in [-0.1, -0.05) is 0 Å². The fraction of sp³-hybridized carbons (Fsp3) is 0.650. The summed E-state index contributed by atoms with van der Waals surface area (Å²) in [7, 11) is 0. The van der Waals surface area contributed by atoms with Crippen LogP contribution in [-0.4, -0.2) is 47.5 Å². The zero-order chi connectivity index (χ0) is 18.2. The lowest BCUT2D eigenvalue weighted by Gasteiger charge is -2.31. The highest BCUT2D eigenvalue weighted by Gasteiger charge is 2.46. The number of piperidine rings is 1. The maximum Gasteiger partial charge on any atom is 0.251 e. The number of aliphatic hydroxyl groups excluding tert-OH is 1. The van der Waals surface area contributed by atoms with Crippen LogP contribution in [0.15, 0.2) is 24.3 Å². The van der Waals surface area contributed by atoms with Crippen molar-refractivity contribution < 1.29 is 14.6 Å². The first-order valence-electron chi connectivity index (χ1n) is 9.20. The Labute approximate surface area is 150 Å². The summed E-state index contributed by atoms with van der Waals surface area (Å²) in [6.07, 6.45) is 2.23. The van der Waals surface area contributed by atoms with Gasteiger partial charge in [0.05, 0.1) is 23.3 Å². The third-order valence-corrected chi connectivity index (χ3v) is 5.34. The molecule has 3 rings (SSSR count). The van der Waals surface area contributed by atoms with Gasteiger partial charge in [-0.15, -0.1) is 0 Å². The second kappa shape index (κ2) is 6.61. The lowest BCUT2D eigenvalue weighted by atomic mass is 9.94. The summed E-state index contributed by atoms with van der Waals surface area (Å²) in [5.41, 5.74) is 1.19. The largest absolute Gasteiger partial charge is 0.393 e. The number of hydrogen-bond acceptors (Lipinski definition) is 4. The van der Waals surface area contributed by atoms with Crippen molar-refractivity contribution in [3.05, 3.63) is 29.8 Å². The van der Waals surface area contributed by atoms with Crippen molar-refractivity contribution in [2.45, 2.75) is 70.3 Å². The molecule has 1 aromatic rings. The van der Waals surface area contributed by atoms with Crippen LogP contribution in [0.1, 0.15) is 57.3 Å². The molecule has 0 aliphatic carbocycles. The molecule has 1 atom stereocenters. The number of hydrogen-bond donors (Lipinski definition) is 2. The molecule has 2 heterocycles. The van der Waals surface area contributed by atoms with Crippen LogP contribution in [0.2, 0.25) is 0 Å². The molecule has 0 aromatic heterocycles. The summed E-state index contributed by atoms with van der Waals surface area (Å²) >= 11 is 0. The van der Waals surface area contributed by atoms with E-state index in [1.165, 1.54) is 0 Å². The van der Waals surface area contributed by atoms with Crippen molar-refractivity contribution in [3.8, 4) is 0 Å². The van der Waals surface area contributed by atoms with Gasteiger partial charge >= 0.3 is 0 Å². The number of ether oxygens (including phenoxy) is 1. The first-order valence-corrected chi connectivity index (χ1v) is 9.20. The molecular weight excluding hydrogens is 316 g/mol. The molecule has 2 fully saturated rings. The van der Waals surface area contributed by atoms with Gasteiger partial charge in [-0.2, -0.15) is 0 Å². The minimum Gasteiger partial charge on any atom is -0.393 e. The summed E-state index contributed by atoms with van der Waals surface area (Å²) in [5, 5.41) is 12.8. The van der Waals surface area contributed by atoms with E-state index in [0.717, 1.165) is 38.0 Å². The van der Waals surface area contributed by atoms with Crippen LogP contribution in [0.3, 0.4) is 0 Å². The molecule has 2 N–H and O–H groups in total. The van der Waals surface area contributed by atoms with Crippen molar-refractivity contribution in [1.82, 2.24) is 5.32 Å². The number of carbonyl (C=O) groups is 1. The first kappa shape index (κ1) is 18.2. The van der Waals surface area contributed by atoms with Gasteiger partial charge in [0, 0.05) is 24.3 Å². The smallest absolute Gasteiger partial charge is 0.251 e. The molecule has 0 saturated carbocycles. The Hall–Kier alpha value is -1.59. The molecule has 1 unspecified atom stereocenters. The monoisotopic (exact) mass is 346 g/mol. The Balaban J connectivity index is 1.63. The van der Waals surface area contributed by atoms with E-state index >= 15 is 0 Å². The molecule has 1 aromatic carbocycles. The molecule has 138 valence electrons. The molecule has 2 aliphatic rings. The zero-order valence-electron chi connectivity index (χ0n) is 15.7. The number of anilines is 1. The van der Waals surface area contributed by atoms with Crippen molar-refractivity contribution in [1.29, 1.82) is 0 Å². The number of amides is 1. The maximum atomic E-state index is 12.6.